The number of benzene rings is 2. The van der Waals surface area contributed by atoms with E-state index >= 15 is 0 Å². The van der Waals surface area contributed by atoms with Gasteiger partial charge in [-0.05, 0) is 55.1 Å². The molecule has 0 aliphatic carbocycles. The van der Waals surface area contributed by atoms with E-state index in [2.05, 4.69) is 9.97 Å². The molecule has 136 valence electrons. The summed E-state index contributed by atoms with van der Waals surface area (Å²) in [5.41, 5.74) is 2.51. The topological polar surface area (TPSA) is 95.2 Å². The molecule has 1 heterocycles. The van der Waals surface area contributed by atoms with E-state index < -0.39 is 4.92 Å². The Morgan fingerprint density at radius 1 is 1.11 bits per heavy atom. The van der Waals surface area contributed by atoms with Crippen molar-refractivity contribution in [2.75, 3.05) is 7.11 Å². The van der Waals surface area contributed by atoms with Crippen LogP contribution in [0.5, 0.6) is 5.75 Å². The van der Waals surface area contributed by atoms with E-state index in [9.17, 15) is 14.9 Å². The molecule has 27 heavy (non-hydrogen) atoms. The summed E-state index contributed by atoms with van der Waals surface area (Å²) in [6, 6.07) is 13.5. The first kappa shape index (κ1) is 18.5. The summed E-state index contributed by atoms with van der Waals surface area (Å²) in [6.07, 6.45) is 0.593. The van der Waals surface area contributed by atoms with Crippen molar-refractivity contribution in [2.45, 2.75) is 17.0 Å². The van der Waals surface area contributed by atoms with Gasteiger partial charge in [-0.2, -0.15) is 0 Å². The molecule has 0 radical (unpaired) electrons. The van der Waals surface area contributed by atoms with Gasteiger partial charge in [0, 0.05) is 33.8 Å². The molecule has 1 aromatic heterocycles. The van der Waals surface area contributed by atoms with Crippen LogP contribution in [0.4, 0.5) is 5.69 Å². The zero-order valence-corrected chi connectivity index (χ0v) is 15.4. The molecular formula is C19H15N3O4S. The van der Waals surface area contributed by atoms with E-state index in [0.29, 0.717) is 16.3 Å². The Morgan fingerprint density at radius 3 is 2.48 bits per heavy atom. The van der Waals surface area contributed by atoms with Crippen LogP contribution in [-0.4, -0.2) is 28.3 Å². The van der Waals surface area contributed by atoms with Crippen LogP contribution >= 0.6 is 11.8 Å². The molecular weight excluding hydrogens is 366 g/mol. The summed E-state index contributed by atoms with van der Waals surface area (Å²) in [5, 5.41) is 11.3. The van der Waals surface area contributed by atoms with E-state index in [1.54, 1.807) is 7.11 Å². The number of nitro benzene ring substituents is 1. The molecule has 3 aromatic rings. The van der Waals surface area contributed by atoms with E-state index in [0.717, 1.165) is 22.7 Å². The van der Waals surface area contributed by atoms with Gasteiger partial charge < -0.3 is 4.74 Å². The number of hydrogen-bond donors (Lipinski definition) is 0. The fourth-order valence-electron chi connectivity index (χ4n) is 2.43. The van der Waals surface area contributed by atoms with Gasteiger partial charge in [0.2, 0.25) is 0 Å². The Hall–Kier alpha value is -3.26. The standard InChI is InChI=1S/C19H15N3O4S/c1-12-9-17(13-3-6-16(26-2)7-4-13)21-19(20-12)27-18-8-5-15(22(24)25)10-14(18)11-23/h3-11H,1-2H3. The van der Waals surface area contributed by atoms with E-state index in [-0.39, 0.29) is 11.3 Å². The van der Waals surface area contributed by atoms with Gasteiger partial charge in [0.1, 0.15) is 5.75 Å². The zero-order chi connectivity index (χ0) is 19.4. The van der Waals surface area contributed by atoms with Crippen LogP contribution in [0.15, 0.2) is 58.6 Å². The van der Waals surface area contributed by atoms with Gasteiger partial charge in [-0.15, -0.1) is 0 Å². The summed E-state index contributed by atoms with van der Waals surface area (Å²) < 4.78 is 5.17. The molecule has 0 aliphatic heterocycles. The summed E-state index contributed by atoms with van der Waals surface area (Å²) in [4.78, 5) is 31.2. The van der Waals surface area contributed by atoms with Crippen LogP contribution in [0.3, 0.4) is 0 Å². The normalized spacial score (nSPS) is 10.4. The molecule has 0 aliphatic rings. The first-order valence-electron chi connectivity index (χ1n) is 7.91. The maximum absolute atomic E-state index is 11.3. The molecule has 0 amide bonds. The number of methoxy groups -OCH3 is 1. The summed E-state index contributed by atoms with van der Waals surface area (Å²) in [6.45, 7) is 1.86. The number of aldehydes is 1. The highest BCUT2D eigenvalue weighted by Crippen LogP contribution is 2.31. The number of carbonyl (C=O) groups is 1. The molecule has 0 fully saturated rings. The largest absolute Gasteiger partial charge is 0.497 e. The zero-order valence-electron chi connectivity index (χ0n) is 14.6. The van der Waals surface area contributed by atoms with Crippen molar-refractivity contribution in [3.8, 4) is 17.0 Å². The van der Waals surface area contributed by atoms with Crippen LogP contribution in [0.25, 0.3) is 11.3 Å². The van der Waals surface area contributed by atoms with Crippen molar-refractivity contribution in [1.29, 1.82) is 0 Å². The van der Waals surface area contributed by atoms with E-state index in [4.69, 9.17) is 4.74 Å². The van der Waals surface area contributed by atoms with Crippen molar-refractivity contribution >= 4 is 23.7 Å². The SMILES string of the molecule is COc1ccc(-c2cc(C)nc(Sc3ccc([N+](=O)[O-])cc3C=O)n2)cc1. The molecule has 0 N–H and O–H groups in total. The third-order valence-corrected chi connectivity index (χ3v) is 4.71. The Labute approximate surface area is 159 Å². The Balaban J connectivity index is 1.95. The van der Waals surface area contributed by atoms with Gasteiger partial charge in [-0.3, -0.25) is 14.9 Å². The van der Waals surface area contributed by atoms with Gasteiger partial charge in [-0.1, -0.05) is 0 Å². The third-order valence-electron chi connectivity index (χ3n) is 3.75. The molecule has 0 spiro atoms. The lowest BCUT2D eigenvalue weighted by Gasteiger charge is -2.08. The molecule has 0 bridgehead atoms. The minimum atomic E-state index is -0.535. The van der Waals surface area contributed by atoms with E-state index in [1.165, 1.54) is 30.0 Å². The number of hydrogen-bond acceptors (Lipinski definition) is 7. The fraction of sp³-hybridized carbons (Fsp3) is 0.105. The summed E-state index contributed by atoms with van der Waals surface area (Å²) >= 11 is 1.19. The molecule has 8 heteroatoms. The maximum Gasteiger partial charge on any atom is 0.270 e. The van der Waals surface area contributed by atoms with Crippen molar-refractivity contribution in [1.82, 2.24) is 9.97 Å². The molecule has 0 atom stereocenters. The van der Waals surface area contributed by atoms with Gasteiger partial charge in [0.05, 0.1) is 17.7 Å². The number of nitro groups is 1. The number of non-ortho nitro benzene ring substituents is 1. The third kappa shape index (κ3) is 4.29. The number of nitrogens with zero attached hydrogens (tertiary/aromatic N) is 3. The minimum absolute atomic E-state index is 0.134. The number of aryl methyl sites for hydroxylation is 1. The molecule has 7 nitrogen and oxygen atoms in total. The van der Waals surface area contributed by atoms with Crippen LogP contribution in [0.1, 0.15) is 16.1 Å². The second kappa shape index (κ2) is 7.96. The molecule has 0 saturated carbocycles. The smallest absolute Gasteiger partial charge is 0.270 e. The summed E-state index contributed by atoms with van der Waals surface area (Å²) in [7, 11) is 1.60. The van der Waals surface area contributed by atoms with Gasteiger partial charge in [-0.25, -0.2) is 9.97 Å². The molecule has 0 unspecified atom stereocenters. The lowest BCUT2D eigenvalue weighted by Crippen LogP contribution is -1.96. The first-order chi connectivity index (χ1) is 13.0. The van der Waals surface area contributed by atoms with Crippen LogP contribution in [-0.2, 0) is 0 Å². The number of aromatic nitrogens is 2. The number of ether oxygens (including phenoxy) is 1. The second-order valence-corrected chi connectivity index (χ2v) is 6.61. The Kier molecular flexibility index (Phi) is 5.46. The molecule has 0 saturated heterocycles. The van der Waals surface area contributed by atoms with Crippen molar-refractivity contribution in [3.05, 3.63) is 69.9 Å². The van der Waals surface area contributed by atoms with Crippen molar-refractivity contribution < 1.29 is 14.5 Å². The van der Waals surface area contributed by atoms with Gasteiger partial charge in [0.25, 0.3) is 5.69 Å². The van der Waals surface area contributed by atoms with Gasteiger partial charge >= 0.3 is 0 Å². The highest BCUT2D eigenvalue weighted by atomic mass is 32.2. The summed E-state index contributed by atoms with van der Waals surface area (Å²) in [5.74, 6) is 0.751. The Bertz CT molecular complexity index is 1010. The van der Waals surface area contributed by atoms with E-state index in [1.807, 2.05) is 37.3 Å². The monoisotopic (exact) mass is 381 g/mol. The first-order valence-corrected chi connectivity index (χ1v) is 8.73. The predicted molar refractivity (Wildman–Crippen MR) is 101 cm³/mol. The maximum atomic E-state index is 11.3. The second-order valence-electron chi connectivity index (χ2n) is 5.60. The minimum Gasteiger partial charge on any atom is -0.497 e. The lowest BCUT2D eigenvalue weighted by atomic mass is 10.1. The highest BCUT2D eigenvalue weighted by molar-refractivity contribution is 7.99. The van der Waals surface area contributed by atoms with Crippen LogP contribution in [0.2, 0.25) is 0 Å². The molecule has 2 aromatic carbocycles. The quantitative estimate of drug-likeness (QED) is 0.271. The average Bonchev–Trinajstić information content (AvgIpc) is 2.67. The molecule has 3 rings (SSSR count). The van der Waals surface area contributed by atoms with Gasteiger partial charge in [0.15, 0.2) is 11.4 Å². The Morgan fingerprint density at radius 2 is 1.85 bits per heavy atom. The predicted octanol–water partition coefficient (Wildman–Crippen LogP) is 4.33. The van der Waals surface area contributed by atoms with Crippen LogP contribution in [0, 0.1) is 17.0 Å². The van der Waals surface area contributed by atoms with Crippen molar-refractivity contribution in [2.24, 2.45) is 0 Å². The lowest BCUT2D eigenvalue weighted by molar-refractivity contribution is -0.384. The average molecular weight is 381 g/mol. The van der Waals surface area contributed by atoms with Crippen LogP contribution < -0.4 is 4.74 Å². The number of rotatable bonds is 6. The number of carbonyl (C=O) groups excluding carboxylic acids is 1. The highest BCUT2D eigenvalue weighted by Gasteiger charge is 2.13. The van der Waals surface area contributed by atoms with Crippen molar-refractivity contribution in [3.63, 3.8) is 0 Å². The fourth-order valence-corrected chi connectivity index (χ4v) is 3.32.